The Hall–Kier alpha value is -0.560. The van der Waals surface area contributed by atoms with Crippen LogP contribution in [0.25, 0.3) is 0 Å². The molecule has 0 heterocycles. The maximum absolute atomic E-state index is 3.99. The predicted octanol–water partition coefficient (Wildman–Crippen LogP) is 3.92. The quantitative estimate of drug-likeness (QED) is 0.507. The Morgan fingerprint density at radius 3 is 2.94 bits per heavy atom. The van der Waals surface area contributed by atoms with Gasteiger partial charge in [-0.3, -0.25) is 0 Å². The van der Waals surface area contributed by atoms with E-state index in [1.807, 2.05) is 0 Å². The monoisotopic (exact) mass is 221 g/mol. The third-order valence-electron chi connectivity index (χ3n) is 3.64. The molecule has 2 atom stereocenters. The molecule has 0 bridgehead atoms. The summed E-state index contributed by atoms with van der Waals surface area (Å²) in [7, 11) is 0. The highest BCUT2D eigenvalue weighted by atomic mass is 14.8. The smallest absolute Gasteiger partial charge is 0.00433 e. The lowest BCUT2D eigenvalue weighted by atomic mass is 9.93. The summed E-state index contributed by atoms with van der Waals surface area (Å²) in [5.74, 6) is 1.49. The van der Waals surface area contributed by atoms with E-state index < -0.39 is 0 Å². The van der Waals surface area contributed by atoms with Crippen molar-refractivity contribution in [1.29, 1.82) is 0 Å². The zero-order valence-electron chi connectivity index (χ0n) is 11.0. The zero-order chi connectivity index (χ0) is 11.8. The first-order valence-corrected chi connectivity index (χ1v) is 6.73. The highest BCUT2D eigenvalue weighted by Crippen LogP contribution is 2.19. The molecule has 16 heavy (non-hydrogen) atoms. The standard InChI is InChI=1S/C15H27N/c1-13(2)14(3)9-11-16-12-10-15-7-5-4-6-8-15/h5,7,14-16H,1,4,6,8-12H2,2-3H3/t14-,15-/m1/s1. The molecule has 0 aromatic heterocycles. The molecule has 1 heteroatoms. The van der Waals surface area contributed by atoms with E-state index >= 15 is 0 Å². The van der Waals surface area contributed by atoms with Crippen LogP contribution in [0.2, 0.25) is 0 Å². The van der Waals surface area contributed by atoms with Crippen LogP contribution in [0.3, 0.4) is 0 Å². The van der Waals surface area contributed by atoms with E-state index in [9.17, 15) is 0 Å². The van der Waals surface area contributed by atoms with Crippen LogP contribution in [-0.4, -0.2) is 13.1 Å². The fraction of sp³-hybridized carbons (Fsp3) is 0.733. The van der Waals surface area contributed by atoms with E-state index in [4.69, 9.17) is 0 Å². The lowest BCUT2D eigenvalue weighted by Crippen LogP contribution is -2.21. The maximum atomic E-state index is 3.99. The van der Waals surface area contributed by atoms with Gasteiger partial charge in [-0.2, -0.15) is 0 Å². The fourth-order valence-corrected chi connectivity index (χ4v) is 2.10. The lowest BCUT2D eigenvalue weighted by molar-refractivity contribution is 0.471. The molecular weight excluding hydrogens is 194 g/mol. The highest BCUT2D eigenvalue weighted by molar-refractivity contribution is 4.94. The van der Waals surface area contributed by atoms with Crippen LogP contribution in [0.15, 0.2) is 24.3 Å². The van der Waals surface area contributed by atoms with Crippen molar-refractivity contribution in [3.05, 3.63) is 24.3 Å². The summed E-state index contributed by atoms with van der Waals surface area (Å²) in [4.78, 5) is 0. The van der Waals surface area contributed by atoms with Gasteiger partial charge in [-0.25, -0.2) is 0 Å². The van der Waals surface area contributed by atoms with Crippen molar-refractivity contribution in [3.8, 4) is 0 Å². The largest absolute Gasteiger partial charge is 0.317 e. The van der Waals surface area contributed by atoms with Gasteiger partial charge in [0.15, 0.2) is 0 Å². The van der Waals surface area contributed by atoms with Crippen molar-refractivity contribution in [1.82, 2.24) is 5.32 Å². The second-order valence-corrected chi connectivity index (χ2v) is 5.19. The number of allylic oxidation sites excluding steroid dienone is 3. The number of hydrogen-bond donors (Lipinski definition) is 1. The summed E-state index contributed by atoms with van der Waals surface area (Å²) in [6, 6.07) is 0. The molecule has 0 fully saturated rings. The Morgan fingerprint density at radius 1 is 1.50 bits per heavy atom. The molecule has 1 rings (SSSR count). The molecule has 0 aromatic carbocycles. The van der Waals surface area contributed by atoms with Gasteiger partial charge in [0.2, 0.25) is 0 Å². The Bertz CT molecular complexity index is 230. The number of rotatable bonds is 7. The zero-order valence-corrected chi connectivity index (χ0v) is 11.0. The Balaban J connectivity index is 1.97. The van der Waals surface area contributed by atoms with E-state index in [-0.39, 0.29) is 0 Å². The van der Waals surface area contributed by atoms with E-state index in [1.165, 1.54) is 37.7 Å². The number of nitrogens with one attached hydrogen (secondary N) is 1. The molecule has 0 unspecified atom stereocenters. The third kappa shape index (κ3) is 5.50. The van der Waals surface area contributed by atoms with Crippen LogP contribution in [0, 0.1) is 11.8 Å². The fourth-order valence-electron chi connectivity index (χ4n) is 2.10. The Labute approximate surface area is 101 Å². The molecule has 0 spiro atoms. The van der Waals surface area contributed by atoms with Gasteiger partial charge in [0, 0.05) is 0 Å². The van der Waals surface area contributed by atoms with Gasteiger partial charge in [0.25, 0.3) is 0 Å². The van der Waals surface area contributed by atoms with Gasteiger partial charge >= 0.3 is 0 Å². The topological polar surface area (TPSA) is 12.0 Å². The predicted molar refractivity (Wildman–Crippen MR) is 72.6 cm³/mol. The molecule has 1 nitrogen and oxygen atoms in total. The van der Waals surface area contributed by atoms with Gasteiger partial charge in [0.1, 0.15) is 0 Å². The highest BCUT2D eigenvalue weighted by Gasteiger charge is 2.07. The first-order valence-electron chi connectivity index (χ1n) is 6.73. The summed E-state index contributed by atoms with van der Waals surface area (Å²) >= 11 is 0. The van der Waals surface area contributed by atoms with Crippen molar-refractivity contribution in [3.63, 3.8) is 0 Å². The van der Waals surface area contributed by atoms with E-state index in [2.05, 4.69) is 37.9 Å². The van der Waals surface area contributed by atoms with Crippen LogP contribution in [0.4, 0.5) is 0 Å². The van der Waals surface area contributed by atoms with Crippen LogP contribution in [0.5, 0.6) is 0 Å². The molecule has 1 aliphatic carbocycles. The Kier molecular flexibility index (Phi) is 6.47. The van der Waals surface area contributed by atoms with Gasteiger partial charge in [-0.05, 0) is 64.0 Å². The van der Waals surface area contributed by atoms with Gasteiger partial charge in [-0.15, -0.1) is 0 Å². The second kappa shape index (κ2) is 7.67. The summed E-state index contributed by atoms with van der Waals surface area (Å²) in [5.41, 5.74) is 1.30. The van der Waals surface area contributed by atoms with E-state index in [1.54, 1.807) is 0 Å². The summed E-state index contributed by atoms with van der Waals surface area (Å²) < 4.78 is 0. The van der Waals surface area contributed by atoms with Crippen LogP contribution in [0.1, 0.15) is 46.0 Å². The van der Waals surface area contributed by atoms with E-state index in [0.29, 0.717) is 5.92 Å². The average Bonchev–Trinajstić information content (AvgIpc) is 2.29. The van der Waals surface area contributed by atoms with Gasteiger partial charge < -0.3 is 5.32 Å². The van der Waals surface area contributed by atoms with Crippen molar-refractivity contribution in [2.75, 3.05) is 13.1 Å². The minimum absolute atomic E-state index is 0.655. The van der Waals surface area contributed by atoms with Gasteiger partial charge in [0.05, 0.1) is 0 Å². The van der Waals surface area contributed by atoms with Crippen molar-refractivity contribution in [2.45, 2.75) is 46.0 Å². The molecule has 1 N–H and O–H groups in total. The Morgan fingerprint density at radius 2 is 2.31 bits per heavy atom. The maximum Gasteiger partial charge on any atom is -0.00433 e. The van der Waals surface area contributed by atoms with Crippen molar-refractivity contribution >= 4 is 0 Å². The summed E-state index contributed by atoms with van der Waals surface area (Å²) in [6.45, 7) is 10.7. The molecule has 0 amide bonds. The van der Waals surface area contributed by atoms with Crippen LogP contribution < -0.4 is 5.32 Å². The van der Waals surface area contributed by atoms with Gasteiger partial charge in [-0.1, -0.05) is 31.2 Å². The van der Waals surface area contributed by atoms with Crippen molar-refractivity contribution < 1.29 is 0 Å². The molecular formula is C15H27N. The lowest BCUT2D eigenvalue weighted by Gasteiger charge is -2.17. The summed E-state index contributed by atoms with van der Waals surface area (Å²) in [5, 5.41) is 3.54. The summed E-state index contributed by atoms with van der Waals surface area (Å²) in [6.07, 6.45) is 11.3. The second-order valence-electron chi connectivity index (χ2n) is 5.19. The molecule has 0 aromatic rings. The third-order valence-corrected chi connectivity index (χ3v) is 3.64. The van der Waals surface area contributed by atoms with Crippen LogP contribution in [-0.2, 0) is 0 Å². The molecule has 0 aliphatic heterocycles. The molecule has 92 valence electrons. The first kappa shape index (κ1) is 13.5. The molecule has 0 saturated carbocycles. The SMILES string of the molecule is C=C(C)[C@H](C)CCNCC[C@@H]1C=CCCC1. The van der Waals surface area contributed by atoms with Crippen LogP contribution >= 0.6 is 0 Å². The molecule has 1 aliphatic rings. The first-order chi connectivity index (χ1) is 7.70. The van der Waals surface area contributed by atoms with E-state index in [0.717, 1.165) is 19.0 Å². The molecule has 0 saturated heterocycles. The molecule has 0 radical (unpaired) electrons. The minimum Gasteiger partial charge on any atom is -0.317 e. The average molecular weight is 221 g/mol. The normalized spacial score (nSPS) is 22.0. The number of hydrogen-bond acceptors (Lipinski definition) is 1. The minimum atomic E-state index is 0.655. The van der Waals surface area contributed by atoms with Crippen molar-refractivity contribution in [2.24, 2.45) is 11.8 Å².